The smallest absolute Gasteiger partial charge is 0.203 e. The fourth-order valence-corrected chi connectivity index (χ4v) is 1.95. The molecule has 0 fully saturated rings. The van der Waals surface area contributed by atoms with E-state index >= 15 is 0 Å². The van der Waals surface area contributed by atoms with Gasteiger partial charge >= 0.3 is 0 Å². The van der Waals surface area contributed by atoms with E-state index in [0.717, 1.165) is 36.9 Å². The quantitative estimate of drug-likeness (QED) is 0.591. The largest absolute Gasteiger partial charge is 0.494 e. The molecule has 0 aliphatic carbocycles. The lowest BCUT2D eigenvalue weighted by molar-refractivity contribution is 0.315. The summed E-state index contributed by atoms with van der Waals surface area (Å²) in [5.41, 5.74) is 1.01. The Hall–Kier alpha value is -2.23. The summed E-state index contributed by atoms with van der Waals surface area (Å²) >= 11 is 0. The van der Waals surface area contributed by atoms with Crippen molar-refractivity contribution in [2.75, 3.05) is 18.5 Å². The van der Waals surface area contributed by atoms with Gasteiger partial charge < -0.3 is 14.6 Å². The molecular formula is C16H21N3O. The van der Waals surface area contributed by atoms with E-state index in [9.17, 15) is 0 Å². The molecule has 1 aromatic heterocycles. The summed E-state index contributed by atoms with van der Waals surface area (Å²) in [6.07, 6.45) is 4.81. The van der Waals surface area contributed by atoms with Crippen molar-refractivity contribution >= 4 is 5.95 Å². The Morgan fingerprint density at radius 2 is 2.15 bits per heavy atom. The third-order valence-corrected chi connectivity index (χ3v) is 2.84. The average Bonchev–Trinajstić information content (AvgIpc) is 2.80. The Kier molecular flexibility index (Phi) is 5.24. The van der Waals surface area contributed by atoms with Crippen LogP contribution in [0.4, 0.5) is 5.95 Å². The van der Waals surface area contributed by atoms with Gasteiger partial charge in [-0.2, -0.15) is 0 Å². The number of imidazole rings is 1. The van der Waals surface area contributed by atoms with Crippen LogP contribution in [0.5, 0.6) is 5.75 Å². The van der Waals surface area contributed by atoms with Crippen molar-refractivity contribution in [2.24, 2.45) is 0 Å². The zero-order valence-corrected chi connectivity index (χ0v) is 11.9. The molecule has 0 radical (unpaired) electrons. The predicted molar refractivity (Wildman–Crippen MR) is 82.2 cm³/mol. The number of aromatic nitrogens is 2. The summed E-state index contributed by atoms with van der Waals surface area (Å²) < 4.78 is 7.70. The summed E-state index contributed by atoms with van der Waals surface area (Å²) in [5.74, 6) is 1.80. The van der Waals surface area contributed by atoms with Crippen molar-refractivity contribution in [2.45, 2.75) is 19.9 Å². The third kappa shape index (κ3) is 4.16. The van der Waals surface area contributed by atoms with Crippen LogP contribution in [0.15, 0.2) is 49.2 Å². The summed E-state index contributed by atoms with van der Waals surface area (Å²) in [6.45, 7) is 8.04. The number of allylic oxidation sites excluding steroid dienone is 1. The van der Waals surface area contributed by atoms with Gasteiger partial charge in [0.25, 0.3) is 0 Å². The van der Waals surface area contributed by atoms with Gasteiger partial charge in [0.2, 0.25) is 5.95 Å². The molecule has 4 heteroatoms. The topological polar surface area (TPSA) is 39.1 Å². The molecule has 4 nitrogen and oxygen atoms in total. The van der Waals surface area contributed by atoms with Crippen LogP contribution >= 0.6 is 0 Å². The predicted octanol–water partition coefficient (Wildman–Crippen LogP) is 3.26. The number of aryl methyl sites for hydroxylation is 1. The summed E-state index contributed by atoms with van der Waals surface area (Å²) in [6, 6.07) is 9.86. The van der Waals surface area contributed by atoms with Crippen molar-refractivity contribution in [3.05, 3.63) is 54.9 Å². The van der Waals surface area contributed by atoms with E-state index in [0.29, 0.717) is 6.61 Å². The van der Waals surface area contributed by atoms with Crippen molar-refractivity contribution in [1.29, 1.82) is 0 Å². The minimum atomic E-state index is 0.693. The van der Waals surface area contributed by atoms with Gasteiger partial charge in [-0.3, -0.25) is 0 Å². The highest BCUT2D eigenvalue weighted by atomic mass is 16.5. The maximum absolute atomic E-state index is 5.64. The molecular weight excluding hydrogens is 250 g/mol. The van der Waals surface area contributed by atoms with Crippen LogP contribution in [0, 0.1) is 6.92 Å². The van der Waals surface area contributed by atoms with Gasteiger partial charge in [0.15, 0.2) is 0 Å². The number of nitrogens with one attached hydrogen (secondary N) is 1. The van der Waals surface area contributed by atoms with Crippen LogP contribution in [-0.4, -0.2) is 22.7 Å². The van der Waals surface area contributed by atoms with Gasteiger partial charge in [-0.25, -0.2) is 4.98 Å². The van der Waals surface area contributed by atoms with E-state index in [4.69, 9.17) is 4.74 Å². The van der Waals surface area contributed by atoms with Crippen LogP contribution in [0.3, 0.4) is 0 Å². The molecule has 106 valence electrons. The molecule has 20 heavy (non-hydrogen) atoms. The lowest BCUT2D eigenvalue weighted by Crippen LogP contribution is -2.11. The first-order chi connectivity index (χ1) is 9.79. The number of nitrogens with zero attached hydrogens (tertiary/aromatic N) is 2. The standard InChI is InChI=1S/C16H21N3O/c1-3-11-19-13-14(2)18-16(19)17-10-7-12-20-15-8-5-4-6-9-15/h3-6,8-9,13H,1,7,10-12H2,2H3,(H,17,18). The summed E-state index contributed by atoms with van der Waals surface area (Å²) in [4.78, 5) is 4.45. The molecule has 0 amide bonds. The Bertz CT molecular complexity index is 534. The monoisotopic (exact) mass is 271 g/mol. The third-order valence-electron chi connectivity index (χ3n) is 2.84. The molecule has 0 atom stereocenters. The lowest BCUT2D eigenvalue weighted by atomic mass is 10.3. The van der Waals surface area contributed by atoms with Crippen LogP contribution in [0.25, 0.3) is 0 Å². The Labute approximate surface area is 120 Å². The maximum Gasteiger partial charge on any atom is 0.203 e. The lowest BCUT2D eigenvalue weighted by Gasteiger charge is -2.09. The van der Waals surface area contributed by atoms with Crippen LogP contribution in [-0.2, 0) is 6.54 Å². The van der Waals surface area contributed by atoms with E-state index < -0.39 is 0 Å². The molecule has 0 aliphatic heterocycles. The number of hydrogen-bond acceptors (Lipinski definition) is 3. The van der Waals surface area contributed by atoms with Gasteiger partial charge in [0.05, 0.1) is 12.3 Å². The van der Waals surface area contributed by atoms with Gasteiger partial charge in [-0.15, -0.1) is 6.58 Å². The van der Waals surface area contributed by atoms with Gasteiger partial charge in [0.1, 0.15) is 5.75 Å². The molecule has 0 bridgehead atoms. The van der Waals surface area contributed by atoms with E-state index in [1.165, 1.54) is 0 Å². The first kappa shape index (κ1) is 14.2. The van der Waals surface area contributed by atoms with Crippen molar-refractivity contribution < 1.29 is 4.74 Å². The summed E-state index contributed by atoms with van der Waals surface area (Å²) in [7, 11) is 0. The van der Waals surface area contributed by atoms with Crippen molar-refractivity contribution in [1.82, 2.24) is 9.55 Å². The van der Waals surface area contributed by atoms with Gasteiger partial charge in [-0.05, 0) is 25.5 Å². The number of rotatable bonds is 8. The molecule has 2 rings (SSSR count). The molecule has 1 aromatic carbocycles. The first-order valence-corrected chi connectivity index (χ1v) is 6.86. The first-order valence-electron chi connectivity index (χ1n) is 6.86. The number of anilines is 1. The number of para-hydroxylation sites is 1. The SMILES string of the molecule is C=CCn1cc(C)nc1NCCCOc1ccccc1. The van der Waals surface area contributed by atoms with E-state index in [1.807, 2.05) is 49.5 Å². The zero-order valence-electron chi connectivity index (χ0n) is 11.9. The second-order valence-electron chi connectivity index (χ2n) is 4.59. The average molecular weight is 271 g/mol. The fraction of sp³-hybridized carbons (Fsp3) is 0.312. The Morgan fingerprint density at radius 1 is 1.35 bits per heavy atom. The molecule has 0 spiro atoms. The molecule has 0 saturated carbocycles. The second kappa shape index (κ2) is 7.38. The van der Waals surface area contributed by atoms with Crippen LogP contribution in [0.2, 0.25) is 0 Å². The van der Waals surface area contributed by atoms with Crippen molar-refractivity contribution in [3.63, 3.8) is 0 Å². The Balaban J connectivity index is 1.72. The minimum absolute atomic E-state index is 0.693. The molecule has 2 aromatic rings. The van der Waals surface area contributed by atoms with E-state index in [2.05, 4.69) is 21.4 Å². The molecule has 1 N–H and O–H groups in total. The fourth-order valence-electron chi connectivity index (χ4n) is 1.95. The molecule has 0 unspecified atom stereocenters. The zero-order chi connectivity index (χ0) is 14.2. The van der Waals surface area contributed by atoms with Crippen LogP contribution in [0.1, 0.15) is 12.1 Å². The Morgan fingerprint density at radius 3 is 2.90 bits per heavy atom. The van der Waals surface area contributed by atoms with Crippen molar-refractivity contribution in [3.8, 4) is 5.75 Å². The number of ether oxygens (including phenoxy) is 1. The normalized spacial score (nSPS) is 10.2. The highest BCUT2D eigenvalue weighted by Crippen LogP contribution is 2.10. The number of benzene rings is 1. The molecule has 1 heterocycles. The molecule has 0 aliphatic rings. The second-order valence-corrected chi connectivity index (χ2v) is 4.59. The highest BCUT2D eigenvalue weighted by molar-refractivity contribution is 5.29. The van der Waals surface area contributed by atoms with Gasteiger partial charge in [-0.1, -0.05) is 24.3 Å². The maximum atomic E-state index is 5.64. The van der Waals surface area contributed by atoms with E-state index in [1.54, 1.807) is 0 Å². The molecule has 0 saturated heterocycles. The number of hydrogen-bond donors (Lipinski definition) is 1. The van der Waals surface area contributed by atoms with Gasteiger partial charge in [0, 0.05) is 19.3 Å². The minimum Gasteiger partial charge on any atom is -0.494 e. The summed E-state index contributed by atoms with van der Waals surface area (Å²) in [5, 5.41) is 3.33. The highest BCUT2D eigenvalue weighted by Gasteiger charge is 2.03. The van der Waals surface area contributed by atoms with E-state index in [-0.39, 0.29) is 0 Å². The van der Waals surface area contributed by atoms with Crippen LogP contribution < -0.4 is 10.1 Å².